The fourth-order valence-electron chi connectivity index (χ4n) is 4.60. The van der Waals surface area contributed by atoms with Crippen molar-refractivity contribution in [1.82, 2.24) is 0 Å². The van der Waals surface area contributed by atoms with Crippen molar-refractivity contribution in [3.63, 3.8) is 0 Å². The van der Waals surface area contributed by atoms with Crippen molar-refractivity contribution in [2.24, 2.45) is 27.6 Å². The zero-order valence-corrected chi connectivity index (χ0v) is 19.7. The van der Waals surface area contributed by atoms with Crippen LogP contribution in [0.15, 0.2) is 58.8 Å². The molecule has 0 saturated carbocycles. The van der Waals surface area contributed by atoms with Crippen molar-refractivity contribution in [2.75, 3.05) is 0 Å². The first-order valence-electron chi connectivity index (χ1n) is 10.5. The number of esters is 1. The number of carbonyl (C=O) groups is 1. The lowest BCUT2D eigenvalue weighted by Crippen LogP contribution is -2.56. The third-order valence-electron chi connectivity index (χ3n) is 6.23. The number of carbonyl (C=O) groups excluding carboxylic acids is 1. The second-order valence-electron chi connectivity index (χ2n) is 9.51. The Morgan fingerprint density at radius 1 is 0.879 bits per heavy atom. The second-order valence-corrected chi connectivity index (χ2v) is 10.4. The molecule has 2 aromatic rings. The molecule has 0 spiro atoms. The Labute approximate surface area is 200 Å². The lowest BCUT2D eigenvalue weighted by Gasteiger charge is -2.38. The van der Waals surface area contributed by atoms with Gasteiger partial charge in [0, 0.05) is 26.6 Å². The molecule has 0 aliphatic carbocycles. The summed E-state index contributed by atoms with van der Waals surface area (Å²) in [6.07, 6.45) is -1.66. The average molecular weight is 489 g/mol. The van der Waals surface area contributed by atoms with Crippen molar-refractivity contribution in [3.8, 4) is 0 Å². The van der Waals surface area contributed by atoms with Crippen LogP contribution in [0, 0.1) is 17.3 Å². The molecule has 3 aliphatic heterocycles. The number of halogens is 2. The van der Waals surface area contributed by atoms with Crippen LogP contribution >= 0.6 is 23.2 Å². The Morgan fingerprint density at radius 3 is 1.94 bits per heavy atom. The number of hydrogen-bond donors (Lipinski definition) is 1. The highest BCUT2D eigenvalue weighted by Gasteiger charge is 2.69. The summed E-state index contributed by atoms with van der Waals surface area (Å²) in [5.41, 5.74) is 1.75. The largest absolute Gasteiger partial charge is 0.427 e. The maximum Gasteiger partial charge on any atom is 0.322 e. The van der Waals surface area contributed by atoms with E-state index in [0.29, 0.717) is 32.6 Å². The van der Waals surface area contributed by atoms with E-state index in [1.807, 2.05) is 20.8 Å². The van der Waals surface area contributed by atoms with E-state index >= 15 is 0 Å². The molecule has 3 heterocycles. The number of benzene rings is 2. The van der Waals surface area contributed by atoms with Crippen molar-refractivity contribution in [2.45, 2.75) is 38.8 Å². The van der Waals surface area contributed by atoms with Gasteiger partial charge in [0.2, 0.25) is 6.10 Å². The number of fused-ring (bicyclic) bond motifs is 1. The summed E-state index contributed by atoms with van der Waals surface area (Å²) in [7, 11) is 0. The summed E-state index contributed by atoms with van der Waals surface area (Å²) in [5, 5.41) is 21.5. The summed E-state index contributed by atoms with van der Waals surface area (Å²) in [6, 6.07) is 13.9. The van der Waals surface area contributed by atoms with Gasteiger partial charge in [-0.25, -0.2) is 0 Å². The Kier molecular flexibility index (Phi) is 5.19. The van der Waals surface area contributed by atoms with Gasteiger partial charge in [0.25, 0.3) is 5.79 Å². The van der Waals surface area contributed by atoms with Crippen LogP contribution in [-0.4, -0.2) is 40.5 Å². The molecule has 0 bridgehead atoms. The molecule has 1 fully saturated rings. The standard InChI is InChI=1S/C24H22Cl2N2O5/c1-23(2,3)21-17(19(28-33-21)13-6-10-15(26)11-7-13)24(30)20-16(22(29)31-24)18(27-32-20)12-4-8-14(25)9-5-12/h4-11,16-17,20-21,30H,1-3H3. The highest BCUT2D eigenvalue weighted by Crippen LogP contribution is 2.49. The SMILES string of the molecule is CC(C)(C)C1ON=C(c2ccc(Cl)cc2)C1C1(O)OC(=O)C2C(c3ccc(Cl)cc3)=NOC21. The lowest BCUT2D eigenvalue weighted by atomic mass is 9.72. The number of oxime groups is 2. The monoisotopic (exact) mass is 488 g/mol. The van der Waals surface area contributed by atoms with E-state index in [4.69, 9.17) is 37.6 Å². The Balaban J connectivity index is 1.54. The summed E-state index contributed by atoms with van der Waals surface area (Å²) in [4.78, 5) is 24.5. The minimum absolute atomic E-state index is 0.383. The summed E-state index contributed by atoms with van der Waals surface area (Å²) in [5.74, 6) is -4.39. The molecule has 0 radical (unpaired) electrons. The van der Waals surface area contributed by atoms with E-state index in [1.54, 1.807) is 48.5 Å². The fraction of sp³-hybridized carbons (Fsp3) is 0.375. The van der Waals surface area contributed by atoms with Crippen molar-refractivity contribution in [3.05, 3.63) is 69.7 Å². The molecule has 0 aromatic heterocycles. The molecule has 5 unspecified atom stereocenters. The van der Waals surface area contributed by atoms with Gasteiger partial charge in [-0.3, -0.25) is 4.79 Å². The van der Waals surface area contributed by atoms with Gasteiger partial charge in [-0.2, -0.15) is 0 Å². The van der Waals surface area contributed by atoms with Crippen LogP contribution in [0.5, 0.6) is 0 Å². The number of nitrogens with zero attached hydrogens (tertiary/aromatic N) is 2. The number of ether oxygens (including phenoxy) is 1. The normalized spacial score (nSPS) is 30.8. The number of hydrogen-bond acceptors (Lipinski definition) is 7. The number of cyclic esters (lactones) is 1. The predicted molar refractivity (Wildman–Crippen MR) is 123 cm³/mol. The maximum absolute atomic E-state index is 13.1. The van der Waals surface area contributed by atoms with Gasteiger partial charge in [0.05, 0.1) is 0 Å². The van der Waals surface area contributed by atoms with E-state index in [9.17, 15) is 9.90 Å². The van der Waals surface area contributed by atoms with Gasteiger partial charge in [-0.05, 0) is 24.3 Å². The van der Waals surface area contributed by atoms with Crippen LogP contribution in [-0.2, 0) is 19.2 Å². The molecule has 3 aliphatic rings. The lowest BCUT2D eigenvalue weighted by molar-refractivity contribution is -0.254. The van der Waals surface area contributed by atoms with Crippen LogP contribution in [0.4, 0.5) is 0 Å². The second kappa shape index (κ2) is 7.72. The Morgan fingerprint density at radius 2 is 1.39 bits per heavy atom. The van der Waals surface area contributed by atoms with E-state index in [1.165, 1.54) is 0 Å². The highest BCUT2D eigenvalue weighted by molar-refractivity contribution is 6.31. The number of rotatable bonds is 3. The molecule has 172 valence electrons. The van der Waals surface area contributed by atoms with Crippen LogP contribution in [0.25, 0.3) is 0 Å². The van der Waals surface area contributed by atoms with E-state index in [-0.39, 0.29) is 0 Å². The zero-order chi connectivity index (χ0) is 23.5. The van der Waals surface area contributed by atoms with Crippen molar-refractivity contribution < 1.29 is 24.3 Å². The molecular weight excluding hydrogens is 467 g/mol. The van der Waals surface area contributed by atoms with Gasteiger partial charge in [0.1, 0.15) is 29.4 Å². The first kappa shape index (κ1) is 22.2. The summed E-state index contributed by atoms with van der Waals surface area (Å²) < 4.78 is 5.67. The van der Waals surface area contributed by atoms with E-state index < -0.39 is 41.2 Å². The van der Waals surface area contributed by atoms with Crippen LogP contribution < -0.4 is 0 Å². The molecule has 7 nitrogen and oxygen atoms in total. The molecule has 0 amide bonds. The number of aliphatic hydroxyl groups is 1. The average Bonchev–Trinajstić information content (AvgIpc) is 3.45. The minimum Gasteiger partial charge on any atom is -0.427 e. The van der Waals surface area contributed by atoms with Gasteiger partial charge in [-0.1, -0.05) is 78.5 Å². The van der Waals surface area contributed by atoms with E-state index in [2.05, 4.69) is 10.3 Å². The molecule has 1 saturated heterocycles. The van der Waals surface area contributed by atoms with Gasteiger partial charge in [-0.15, -0.1) is 0 Å². The van der Waals surface area contributed by atoms with E-state index in [0.717, 1.165) is 0 Å². The van der Waals surface area contributed by atoms with Crippen LogP contribution in [0.2, 0.25) is 10.0 Å². The highest BCUT2D eigenvalue weighted by atomic mass is 35.5. The smallest absolute Gasteiger partial charge is 0.322 e. The third kappa shape index (κ3) is 3.59. The third-order valence-corrected chi connectivity index (χ3v) is 6.73. The van der Waals surface area contributed by atoms with Gasteiger partial charge >= 0.3 is 5.97 Å². The predicted octanol–water partition coefficient (Wildman–Crippen LogP) is 4.42. The Hall–Kier alpha value is -2.61. The fourth-order valence-corrected chi connectivity index (χ4v) is 4.85. The molecule has 5 rings (SSSR count). The van der Waals surface area contributed by atoms with Crippen LogP contribution in [0.3, 0.4) is 0 Å². The first-order valence-corrected chi connectivity index (χ1v) is 11.3. The molecular formula is C24H22Cl2N2O5. The van der Waals surface area contributed by atoms with Crippen molar-refractivity contribution in [1.29, 1.82) is 0 Å². The maximum atomic E-state index is 13.1. The van der Waals surface area contributed by atoms with Gasteiger partial charge in [0.15, 0.2) is 0 Å². The quantitative estimate of drug-likeness (QED) is 0.645. The minimum atomic E-state index is -2.05. The molecule has 1 N–H and O–H groups in total. The first-order chi connectivity index (χ1) is 15.6. The molecule has 33 heavy (non-hydrogen) atoms. The topological polar surface area (TPSA) is 89.7 Å². The van der Waals surface area contributed by atoms with Crippen LogP contribution in [0.1, 0.15) is 31.9 Å². The zero-order valence-electron chi connectivity index (χ0n) is 18.2. The van der Waals surface area contributed by atoms with Gasteiger partial charge < -0.3 is 19.5 Å². The Bertz CT molecular complexity index is 1160. The summed E-state index contributed by atoms with van der Waals surface area (Å²) >= 11 is 12.0. The van der Waals surface area contributed by atoms with Crippen molar-refractivity contribution >= 4 is 40.6 Å². The summed E-state index contributed by atoms with van der Waals surface area (Å²) in [6.45, 7) is 5.90. The molecule has 9 heteroatoms. The molecule has 2 aromatic carbocycles. The molecule has 5 atom stereocenters.